The third-order valence-corrected chi connectivity index (χ3v) is 3.21. The van der Waals surface area contributed by atoms with Crippen molar-refractivity contribution in [2.75, 3.05) is 0 Å². The van der Waals surface area contributed by atoms with Gasteiger partial charge in [-0.1, -0.05) is 6.92 Å². The summed E-state index contributed by atoms with van der Waals surface area (Å²) in [7, 11) is 1.92. The average Bonchev–Trinajstić information content (AvgIpc) is 2.62. The Balaban J connectivity index is 2.07. The van der Waals surface area contributed by atoms with Crippen molar-refractivity contribution < 1.29 is 0 Å². The standard InChI is InChI=1S/C10H18N4/c1-8-3-4-10(11,5-8)6-9-12-7-13-14(9)2/h7-8H,3-6,11H2,1-2H3. The molecule has 2 unspecified atom stereocenters. The molecule has 1 saturated carbocycles. The molecule has 1 aliphatic carbocycles. The van der Waals surface area contributed by atoms with E-state index in [4.69, 9.17) is 5.73 Å². The van der Waals surface area contributed by atoms with Gasteiger partial charge in [0, 0.05) is 19.0 Å². The monoisotopic (exact) mass is 194 g/mol. The maximum atomic E-state index is 6.33. The highest BCUT2D eigenvalue weighted by molar-refractivity contribution is 5.01. The Morgan fingerprint density at radius 3 is 3.00 bits per heavy atom. The van der Waals surface area contributed by atoms with Crippen LogP contribution in [0.5, 0.6) is 0 Å². The van der Waals surface area contributed by atoms with Gasteiger partial charge in [0.05, 0.1) is 0 Å². The maximum absolute atomic E-state index is 6.33. The quantitative estimate of drug-likeness (QED) is 0.760. The molecule has 1 fully saturated rings. The summed E-state index contributed by atoms with van der Waals surface area (Å²) < 4.78 is 1.82. The van der Waals surface area contributed by atoms with E-state index in [1.54, 1.807) is 6.33 Å². The minimum atomic E-state index is -0.0415. The molecule has 1 aromatic rings. The third-order valence-electron chi connectivity index (χ3n) is 3.21. The fourth-order valence-electron chi connectivity index (χ4n) is 2.39. The molecule has 2 atom stereocenters. The van der Waals surface area contributed by atoms with Crippen LogP contribution in [0.1, 0.15) is 32.0 Å². The van der Waals surface area contributed by atoms with Crippen molar-refractivity contribution in [3.8, 4) is 0 Å². The summed E-state index contributed by atoms with van der Waals surface area (Å²) >= 11 is 0. The first-order valence-electron chi connectivity index (χ1n) is 5.21. The molecule has 1 aliphatic rings. The summed E-state index contributed by atoms with van der Waals surface area (Å²) in [5, 5.41) is 4.06. The number of rotatable bonds is 2. The third kappa shape index (κ3) is 1.80. The summed E-state index contributed by atoms with van der Waals surface area (Å²) in [5.41, 5.74) is 6.29. The second kappa shape index (κ2) is 3.35. The molecule has 0 aromatic carbocycles. The van der Waals surface area contributed by atoms with Crippen LogP contribution in [0.4, 0.5) is 0 Å². The van der Waals surface area contributed by atoms with Crippen LogP contribution in [-0.2, 0) is 13.5 Å². The van der Waals surface area contributed by atoms with Gasteiger partial charge < -0.3 is 5.73 Å². The van der Waals surface area contributed by atoms with Crippen molar-refractivity contribution in [3.05, 3.63) is 12.2 Å². The number of aromatic nitrogens is 3. The Bertz CT molecular complexity index is 320. The molecule has 4 heteroatoms. The molecule has 0 saturated heterocycles. The van der Waals surface area contributed by atoms with Crippen LogP contribution in [0.2, 0.25) is 0 Å². The van der Waals surface area contributed by atoms with E-state index in [1.807, 2.05) is 11.7 Å². The molecule has 0 aliphatic heterocycles. The van der Waals surface area contributed by atoms with E-state index in [0.29, 0.717) is 0 Å². The summed E-state index contributed by atoms with van der Waals surface area (Å²) in [4.78, 5) is 4.22. The van der Waals surface area contributed by atoms with Gasteiger partial charge in [0.2, 0.25) is 0 Å². The van der Waals surface area contributed by atoms with Crippen LogP contribution in [0.15, 0.2) is 6.33 Å². The van der Waals surface area contributed by atoms with Crippen molar-refractivity contribution in [2.45, 2.75) is 38.1 Å². The normalized spacial score (nSPS) is 32.4. The van der Waals surface area contributed by atoms with E-state index in [0.717, 1.165) is 31.0 Å². The van der Waals surface area contributed by atoms with Crippen molar-refractivity contribution in [2.24, 2.45) is 18.7 Å². The molecule has 1 aromatic heterocycles. The van der Waals surface area contributed by atoms with Crippen LogP contribution in [-0.4, -0.2) is 20.3 Å². The highest BCUT2D eigenvalue weighted by Gasteiger charge is 2.34. The van der Waals surface area contributed by atoms with Gasteiger partial charge in [0.25, 0.3) is 0 Å². The van der Waals surface area contributed by atoms with Gasteiger partial charge in [-0.3, -0.25) is 4.68 Å². The minimum absolute atomic E-state index is 0.0415. The zero-order valence-electron chi connectivity index (χ0n) is 8.90. The lowest BCUT2D eigenvalue weighted by Crippen LogP contribution is -2.40. The maximum Gasteiger partial charge on any atom is 0.138 e. The number of nitrogens with zero attached hydrogens (tertiary/aromatic N) is 3. The van der Waals surface area contributed by atoms with Crippen LogP contribution >= 0.6 is 0 Å². The highest BCUT2D eigenvalue weighted by Crippen LogP contribution is 2.34. The second-order valence-corrected chi connectivity index (χ2v) is 4.69. The van der Waals surface area contributed by atoms with Crippen LogP contribution in [0, 0.1) is 5.92 Å². The molecule has 0 spiro atoms. The van der Waals surface area contributed by atoms with Crippen molar-refractivity contribution in [1.29, 1.82) is 0 Å². The summed E-state index contributed by atoms with van der Waals surface area (Å²) in [6, 6.07) is 0. The molecule has 0 amide bonds. The first kappa shape index (κ1) is 9.65. The van der Waals surface area contributed by atoms with Gasteiger partial charge in [-0.25, -0.2) is 4.98 Å². The first-order valence-corrected chi connectivity index (χ1v) is 5.21. The molecule has 0 radical (unpaired) electrons. The van der Waals surface area contributed by atoms with Gasteiger partial charge in [-0.15, -0.1) is 0 Å². The number of hydrogen-bond donors (Lipinski definition) is 1. The summed E-state index contributed by atoms with van der Waals surface area (Å²) in [5.74, 6) is 1.76. The molecule has 0 bridgehead atoms. The van der Waals surface area contributed by atoms with Gasteiger partial charge in [0.15, 0.2) is 0 Å². The van der Waals surface area contributed by atoms with E-state index in [-0.39, 0.29) is 5.54 Å². The molecular formula is C10H18N4. The van der Waals surface area contributed by atoms with Gasteiger partial charge in [0.1, 0.15) is 12.2 Å². The molecule has 1 heterocycles. The Kier molecular flexibility index (Phi) is 2.31. The fraction of sp³-hybridized carbons (Fsp3) is 0.800. The van der Waals surface area contributed by atoms with Crippen molar-refractivity contribution in [1.82, 2.24) is 14.8 Å². The zero-order valence-corrected chi connectivity index (χ0v) is 8.90. The number of hydrogen-bond acceptors (Lipinski definition) is 3. The summed E-state index contributed by atoms with van der Waals surface area (Å²) in [6.45, 7) is 2.27. The molecular weight excluding hydrogens is 176 g/mol. The van der Waals surface area contributed by atoms with Gasteiger partial charge in [-0.05, 0) is 25.2 Å². The minimum Gasteiger partial charge on any atom is -0.325 e. The largest absolute Gasteiger partial charge is 0.325 e. The fourth-order valence-corrected chi connectivity index (χ4v) is 2.39. The predicted molar refractivity (Wildman–Crippen MR) is 54.6 cm³/mol. The SMILES string of the molecule is CC1CCC(N)(Cc2ncnn2C)C1. The van der Waals surface area contributed by atoms with E-state index < -0.39 is 0 Å². The van der Waals surface area contributed by atoms with E-state index in [2.05, 4.69) is 17.0 Å². The number of aryl methyl sites for hydroxylation is 1. The average molecular weight is 194 g/mol. The summed E-state index contributed by atoms with van der Waals surface area (Å²) in [6.07, 6.45) is 5.92. The lowest BCUT2D eigenvalue weighted by molar-refractivity contribution is 0.403. The molecule has 78 valence electrons. The van der Waals surface area contributed by atoms with Crippen LogP contribution < -0.4 is 5.73 Å². The number of nitrogens with two attached hydrogens (primary N) is 1. The van der Waals surface area contributed by atoms with Crippen LogP contribution in [0.3, 0.4) is 0 Å². The molecule has 14 heavy (non-hydrogen) atoms. The van der Waals surface area contributed by atoms with Crippen molar-refractivity contribution in [3.63, 3.8) is 0 Å². The second-order valence-electron chi connectivity index (χ2n) is 4.69. The Morgan fingerprint density at radius 2 is 2.50 bits per heavy atom. The predicted octanol–water partition coefficient (Wildman–Crippen LogP) is 0.875. The molecule has 4 nitrogen and oxygen atoms in total. The lowest BCUT2D eigenvalue weighted by Gasteiger charge is -2.23. The highest BCUT2D eigenvalue weighted by atomic mass is 15.3. The van der Waals surface area contributed by atoms with E-state index in [9.17, 15) is 0 Å². The van der Waals surface area contributed by atoms with E-state index in [1.165, 1.54) is 6.42 Å². The van der Waals surface area contributed by atoms with Gasteiger partial charge >= 0.3 is 0 Å². The Labute approximate surface area is 84.5 Å². The smallest absolute Gasteiger partial charge is 0.138 e. The van der Waals surface area contributed by atoms with Crippen molar-refractivity contribution >= 4 is 0 Å². The molecule has 2 rings (SSSR count). The van der Waals surface area contributed by atoms with Gasteiger partial charge in [-0.2, -0.15) is 5.10 Å². The van der Waals surface area contributed by atoms with Crippen LogP contribution in [0.25, 0.3) is 0 Å². The molecule has 2 N–H and O–H groups in total. The Morgan fingerprint density at radius 1 is 1.71 bits per heavy atom. The van der Waals surface area contributed by atoms with E-state index >= 15 is 0 Å². The zero-order chi connectivity index (χ0) is 10.2. The first-order chi connectivity index (χ1) is 6.59. The Hall–Kier alpha value is -0.900. The topological polar surface area (TPSA) is 56.7 Å². The lowest BCUT2D eigenvalue weighted by atomic mass is 9.93.